The van der Waals surface area contributed by atoms with Gasteiger partial charge in [-0.25, -0.2) is 9.78 Å². The maximum Gasteiger partial charge on any atom is 0.150 e. The minimum atomic E-state index is -0.0686. The van der Waals surface area contributed by atoms with Gasteiger partial charge in [-0.15, -0.1) is 0 Å². The van der Waals surface area contributed by atoms with Crippen LogP contribution in [0.3, 0.4) is 0 Å². The molecule has 2 aliphatic rings. The van der Waals surface area contributed by atoms with Gasteiger partial charge >= 0.3 is 0 Å². The van der Waals surface area contributed by atoms with Crippen molar-refractivity contribution in [1.82, 2.24) is 0 Å². The molecule has 0 saturated heterocycles. The number of nitrogens with zero attached hydrogens (tertiary/aromatic N) is 3. The Morgan fingerprint density at radius 1 is 0.815 bits per heavy atom. The molecule has 27 heavy (non-hydrogen) atoms. The highest BCUT2D eigenvalue weighted by atomic mass is 32.2. The Labute approximate surface area is 171 Å². The molecule has 1 aromatic carbocycles. The van der Waals surface area contributed by atoms with Crippen molar-refractivity contribution < 1.29 is 20.0 Å². The van der Waals surface area contributed by atoms with Gasteiger partial charge < -0.3 is 10.2 Å². The summed E-state index contributed by atoms with van der Waals surface area (Å²) in [6.45, 7) is 2.06. The second-order valence-corrected chi connectivity index (χ2v) is 9.45. The normalized spacial score (nSPS) is 14.1. The number of allylic oxidation sites excluding steroid dienone is 1. The SMILES string of the molecule is CCOOCC(C#N)=C1Sc2c(O)c3c(c(O)c2S1)SC(=C(C#N)C#N)S3. The number of hydrogen-bond acceptors (Lipinski definition) is 11. The van der Waals surface area contributed by atoms with Gasteiger partial charge in [0, 0.05) is 0 Å². The second-order valence-electron chi connectivity index (χ2n) is 4.85. The summed E-state index contributed by atoms with van der Waals surface area (Å²) in [6, 6.07) is 5.68. The van der Waals surface area contributed by atoms with Crippen molar-refractivity contribution in [3.8, 4) is 29.7 Å². The number of fused-ring (bicyclic) bond motifs is 2. The Morgan fingerprint density at radius 3 is 1.70 bits per heavy atom. The number of phenolic OH excluding ortho intramolecular Hbond substituents is 2. The molecule has 0 aromatic heterocycles. The first kappa shape index (κ1) is 19.8. The van der Waals surface area contributed by atoms with Gasteiger partial charge in [-0.05, 0) is 6.92 Å². The minimum Gasteiger partial charge on any atom is -0.505 e. The molecule has 0 radical (unpaired) electrons. The smallest absolute Gasteiger partial charge is 0.150 e. The molecule has 0 fully saturated rings. The lowest BCUT2D eigenvalue weighted by atomic mass is 10.3. The fraction of sp³-hybridized carbons (Fsp3) is 0.188. The van der Waals surface area contributed by atoms with Gasteiger partial charge in [-0.2, -0.15) is 15.8 Å². The van der Waals surface area contributed by atoms with Crippen LogP contribution in [0.25, 0.3) is 0 Å². The number of thioether (sulfide) groups is 4. The van der Waals surface area contributed by atoms with Crippen LogP contribution in [0, 0.1) is 34.0 Å². The Morgan fingerprint density at radius 2 is 1.30 bits per heavy atom. The van der Waals surface area contributed by atoms with Crippen LogP contribution in [0.1, 0.15) is 6.92 Å². The van der Waals surface area contributed by atoms with Crippen LogP contribution in [-0.4, -0.2) is 23.4 Å². The van der Waals surface area contributed by atoms with Crippen LogP contribution in [0.15, 0.2) is 39.2 Å². The van der Waals surface area contributed by atoms with Crippen LogP contribution < -0.4 is 0 Å². The summed E-state index contributed by atoms with van der Waals surface area (Å²) < 4.78 is 1.000. The molecular formula is C16H9N3O4S4. The van der Waals surface area contributed by atoms with Crippen molar-refractivity contribution in [2.75, 3.05) is 13.2 Å². The molecule has 11 heteroatoms. The predicted octanol–water partition coefficient (Wildman–Crippen LogP) is 4.46. The van der Waals surface area contributed by atoms with Crippen molar-refractivity contribution in [2.45, 2.75) is 26.5 Å². The summed E-state index contributed by atoms with van der Waals surface area (Å²) in [6.07, 6.45) is 0. The molecule has 2 aliphatic heterocycles. The van der Waals surface area contributed by atoms with E-state index in [-0.39, 0.29) is 23.7 Å². The maximum absolute atomic E-state index is 10.7. The third-order valence-corrected chi connectivity index (χ3v) is 8.57. The summed E-state index contributed by atoms with van der Waals surface area (Å²) in [4.78, 5) is 11.4. The highest BCUT2D eigenvalue weighted by Crippen LogP contribution is 2.67. The number of aromatic hydroxyl groups is 2. The Bertz CT molecular complexity index is 954. The molecule has 0 amide bonds. The van der Waals surface area contributed by atoms with Gasteiger partial charge in [0.15, 0.2) is 0 Å². The van der Waals surface area contributed by atoms with E-state index in [9.17, 15) is 15.5 Å². The van der Waals surface area contributed by atoms with Crippen LogP contribution in [-0.2, 0) is 9.78 Å². The van der Waals surface area contributed by atoms with E-state index in [0.29, 0.717) is 40.2 Å². The van der Waals surface area contributed by atoms with Gasteiger partial charge in [0.2, 0.25) is 0 Å². The minimum absolute atomic E-state index is 0.0427. The Hall–Kier alpha value is -1.91. The first-order chi connectivity index (χ1) is 13.0. The first-order valence-corrected chi connectivity index (χ1v) is 10.6. The average Bonchev–Trinajstić information content (AvgIpc) is 3.30. The zero-order chi connectivity index (χ0) is 19.6. The summed E-state index contributed by atoms with van der Waals surface area (Å²) >= 11 is 4.46. The standard InChI is InChI=1S/C16H9N3O4S4/c1-2-22-23-6-8(5-19)16-26-13-9(20)11-12(10(21)14(13)27-16)25-15(24-11)7(3-17)4-18/h20-21H,2,6H2,1H3. The van der Waals surface area contributed by atoms with Crippen LogP contribution in [0.4, 0.5) is 0 Å². The lowest BCUT2D eigenvalue weighted by Crippen LogP contribution is -1.99. The van der Waals surface area contributed by atoms with Crippen molar-refractivity contribution in [1.29, 1.82) is 15.8 Å². The van der Waals surface area contributed by atoms with Gasteiger partial charge in [0.1, 0.15) is 35.8 Å². The maximum atomic E-state index is 10.7. The number of phenols is 2. The summed E-state index contributed by atoms with van der Waals surface area (Å²) in [5, 5.41) is 48.7. The fourth-order valence-electron chi connectivity index (χ4n) is 2.09. The van der Waals surface area contributed by atoms with E-state index in [0.717, 1.165) is 47.0 Å². The van der Waals surface area contributed by atoms with Crippen molar-refractivity contribution in [3.63, 3.8) is 0 Å². The largest absolute Gasteiger partial charge is 0.505 e. The molecule has 136 valence electrons. The summed E-state index contributed by atoms with van der Waals surface area (Å²) in [7, 11) is 0. The molecule has 0 spiro atoms. The summed E-state index contributed by atoms with van der Waals surface area (Å²) in [5.74, 6) is -0.0907. The van der Waals surface area contributed by atoms with Gasteiger partial charge in [-0.3, -0.25) is 0 Å². The zero-order valence-corrected chi connectivity index (χ0v) is 16.9. The lowest BCUT2D eigenvalue weighted by molar-refractivity contribution is -0.283. The Kier molecular flexibility index (Phi) is 6.18. The molecule has 0 bridgehead atoms. The quantitative estimate of drug-likeness (QED) is 0.228. The van der Waals surface area contributed by atoms with Gasteiger partial charge in [0.05, 0.1) is 46.3 Å². The van der Waals surface area contributed by atoms with E-state index in [1.807, 2.05) is 12.1 Å². The Balaban J connectivity index is 1.99. The molecule has 3 rings (SSSR count). The van der Waals surface area contributed by atoms with E-state index in [2.05, 4.69) is 6.07 Å². The van der Waals surface area contributed by atoms with Gasteiger partial charge in [0.25, 0.3) is 0 Å². The van der Waals surface area contributed by atoms with Crippen molar-refractivity contribution in [3.05, 3.63) is 19.6 Å². The van der Waals surface area contributed by atoms with Crippen LogP contribution in [0.5, 0.6) is 11.5 Å². The number of benzene rings is 1. The van der Waals surface area contributed by atoms with Gasteiger partial charge in [-0.1, -0.05) is 47.0 Å². The molecule has 0 aliphatic carbocycles. The zero-order valence-electron chi connectivity index (χ0n) is 13.6. The van der Waals surface area contributed by atoms with E-state index in [1.165, 1.54) is 0 Å². The molecule has 0 unspecified atom stereocenters. The average molecular weight is 436 g/mol. The molecule has 7 nitrogen and oxygen atoms in total. The molecule has 2 heterocycles. The fourth-order valence-corrected chi connectivity index (χ4v) is 7.19. The summed E-state index contributed by atoms with van der Waals surface area (Å²) in [5.41, 5.74) is 0.256. The lowest BCUT2D eigenvalue weighted by Gasteiger charge is -2.08. The molecular weight excluding hydrogens is 426 g/mol. The number of hydrogen-bond donors (Lipinski definition) is 2. The van der Waals surface area contributed by atoms with E-state index in [1.54, 1.807) is 6.92 Å². The number of nitriles is 3. The molecule has 1 aromatic rings. The topological polar surface area (TPSA) is 130 Å². The monoisotopic (exact) mass is 435 g/mol. The second kappa shape index (κ2) is 8.41. The van der Waals surface area contributed by atoms with Crippen LogP contribution in [0.2, 0.25) is 0 Å². The molecule has 0 saturated carbocycles. The highest BCUT2D eigenvalue weighted by Gasteiger charge is 2.36. The third-order valence-electron chi connectivity index (χ3n) is 3.27. The first-order valence-electron chi connectivity index (χ1n) is 7.31. The molecule has 0 atom stereocenters. The van der Waals surface area contributed by atoms with E-state index in [4.69, 9.17) is 20.3 Å². The van der Waals surface area contributed by atoms with E-state index < -0.39 is 0 Å². The highest BCUT2D eigenvalue weighted by molar-refractivity contribution is 8.25. The van der Waals surface area contributed by atoms with Crippen molar-refractivity contribution >= 4 is 47.0 Å². The third kappa shape index (κ3) is 3.61. The predicted molar refractivity (Wildman–Crippen MR) is 102 cm³/mol. The van der Waals surface area contributed by atoms with E-state index >= 15 is 0 Å². The molecule has 2 N–H and O–H groups in total. The van der Waals surface area contributed by atoms with Crippen molar-refractivity contribution in [2.24, 2.45) is 0 Å². The van der Waals surface area contributed by atoms with Crippen LogP contribution >= 0.6 is 47.0 Å². The number of rotatable bonds is 4.